The molecule has 21 heavy (non-hydrogen) atoms. The van der Waals surface area contributed by atoms with Crippen LogP contribution in [0.15, 0.2) is 21.1 Å². The summed E-state index contributed by atoms with van der Waals surface area (Å²) in [6.07, 6.45) is -0.455. The van der Waals surface area contributed by atoms with Crippen LogP contribution in [-0.2, 0) is 0 Å². The number of piperidine rings is 1. The number of rotatable bonds is 4. The van der Waals surface area contributed by atoms with E-state index in [0.29, 0.717) is 14.7 Å². The lowest BCUT2D eigenvalue weighted by Gasteiger charge is -2.30. The molecular formula is C12H12Br2F2N2O3. The van der Waals surface area contributed by atoms with Crippen LogP contribution in [0.5, 0.6) is 5.75 Å². The summed E-state index contributed by atoms with van der Waals surface area (Å²) in [5, 5.41) is 13.7. The monoisotopic (exact) mass is 428 g/mol. The first-order chi connectivity index (χ1) is 9.78. The molecule has 0 bridgehead atoms. The van der Waals surface area contributed by atoms with Crippen molar-refractivity contribution in [1.29, 1.82) is 0 Å². The summed E-state index contributed by atoms with van der Waals surface area (Å²) in [5.41, 5.74) is -0.0941. The van der Waals surface area contributed by atoms with Gasteiger partial charge in [-0.05, 0) is 31.9 Å². The van der Waals surface area contributed by atoms with Gasteiger partial charge in [-0.2, -0.15) is 0 Å². The lowest BCUT2D eigenvalue weighted by molar-refractivity contribution is -0.385. The van der Waals surface area contributed by atoms with Gasteiger partial charge in [-0.25, -0.2) is 8.78 Å². The molecule has 1 aliphatic heterocycles. The fourth-order valence-corrected chi connectivity index (χ4v) is 3.48. The summed E-state index contributed by atoms with van der Waals surface area (Å²) in [4.78, 5) is 10.2. The van der Waals surface area contributed by atoms with E-state index in [0.717, 1.165) is 0 Å². The summed E-state index contributed by atoms with van der Waals surface area (Å²) in [5.74, 6) is -2.32. The first kappa shape index (κ1) is 16.6. The molecule has 1 aromatic carbocycles. The summed E-state index contributed by atoms with van der Waals surface area (Å²) < 4.78 is 32.9. The van der Waals surface area contributed by atoms with Crippen molar-refractivity contribution in [3.05, 3.63) is 31.2 Å². The molecule has 1 aliphatic rings. The third-order valence-corrected chi connectivity index (χ3v) is 4.27. The quantitative estimate of drug-likeness (QED) is 0.582. The maximum atomic E-state index is 13.3. The van der Waals surface area contributed by atoms with Gasteiger partial charge in [-0.15, -0.1) is 0 Å². The molecule has 0 amide bonds. The first-order valence-corrected chi connectivity index (χ1v) is 7.74. The number of hydrogen-bond acceptors (Lipinski definition) is 4. The smallest absolute Gasteiger partial charge is 0.271 e. The van der Waals surface area contributed by atoms with Crippen LogP contribution in [-0.4, -0.2) is 30.0 Å². The second-order valence-corrected chi connectivity index (χ2v) is 6.48. The van der Waals surface area contributed by atoms with Crippen molar-refractivity contribution in [3.8, 4) is 5.75 Å². The Morgan fingerprint density at radius 2 is 2.05 bits per heavy atom. The molecule has 1 heterocycles. The minimum absolute atomic E-state index is 0.0601. The first-order valence-electron chi connectivity index (χ1n) is 6.16. The van der Waals surface area contributed by atoms with Crippen molar-refractivity contribution in [1.82, 2.24) is 5.32 Å². The Labute approximate surface area is 136 Å². The number of nitrogens with zero attached hydrogens (tertiary/aromatic N) is 1. The van der Waals surface area contributed by atoms with Crippen molar-refractivity contribution in [2.24, 2.45) is 0 Å². The zero-order chi connectivity index (χ0) is 15.6. The molecule has 1 N–H and O–H groups in total. The van der Waals surface area contributed by atoms with Crippen molar-refractivity contribution in [2.75, 3.05) is 13.2 Å². The van der Waals surface area contributed by atoms with Crippen molar-refractivity contribution < 1.29 is 18.4 Å². The maximum absolute atomic E-state index is 13.3. The van der Waals surface area contributed by atoms with E-state index in [1.165, 1.54) is 12.1 Å². The van der Waals surface area contributed by atoms with Crippen molar-refractivity contribution >= 4 is 37.5 Å². The number of non-ortho nitro benzene ring substituents is 1. The molecule has 0 aromatic heterocycles. The van der Waals surface area contributed by atoms with Crippen LogP contribution < -0.4 is 10.1 Å². The van der Waals surface area contributed by atoms with Crippen LogP contribution in [0, 0.1) is 10.1 Å². The van der Waals surface area contributed by atoms with Crippen LogP contribution >= 0.6 is 31.9 Å². The van der Waals surface area contributed by atoms with Crippen LogP contribution in [0.2, 0.25) is 0 Å². The lowest BCUT2D eigenvalue weighted by Crippen LogP contribution is -2.46. The van der Waals surface area contributed by atoms with Gasteiger partial charge in [0.1, 0.15) is 12.4 Å². The molecule has 5 nitrogen and oxygen atoms in total. The van der Waals surface area contributed by atoms with Gasteiger partial charge in [0.25, 0.3) is 11.6 Å². The predicted molar refractivity (Wildman–Crippen MR) is 80.0 cm³/mol. The molecule has 1 fully saturated rings. The molecular weight excluding hydrogens is 418 g/mol. The van der Waals surface area contributed by atoms with Gasteiger partial charge in [0.15, 0.2) is 0 Å². The highest BCUT2D eigenvalue weighted by Gasteiger charge is 2.36. The summed E-state index contributed by atoms with van der Waals surface area (Å²) in [6.45, 7) is 0.300. The number of benzene rings is 1. The average molecular weight is 430 g/mol. The molecule has 1 saturated heterocycles. The third-order valence-electron chi connectivity index (χ3n) is 3.09. The van der Waals surface area contributed by atoms with Crippen LogP contribution in [0.1, 0.15) is 12.8 Å². The molecule has 1 aromatic rings. The molecule has 0 saturated carbocycles. The number of alkyl halides is 2. The van der Waals surface area contributed by atoms with Gasteiger partial charge in [0.05, 0.1) is 13.9 Å². The van der Waals surface area contributed by atoms with Gasteiger partial charge in [-0.1, -0.05) is 0 Å². The Hall–Kier alpha value is -0.800. The zero-order valence-electron chi connectivity index (χ0n) is 10.7. The summed E-state index contributed by atoms with van der Waals surface area (Å²) in [6, 6.07) is 2.16. The number of nitrogens with one attached hydrogen (secondary N) is 1. The van der Waals surface area contributed by atoms with E-state index >= 15 is 0 Å². The Balaban J connectivity index is 2.05. The highest BCUT2D eigenvalue weighted by atomic mass is 79.9. The highest BCUT2D eigenvalue weighted by Crippen LogP contribution is 2.37. The maximum Gasteiger partial charge on any atom is 0.271 e. The van der Waals surface area contributed by atoms with Crippen molar-refractivity contribution in [3.63, 3.8) is 0 Å². The van der Waals surface area contributed by atoms with E-state index in [2.05, 4.69) is 37.2 Å². The topological polar surface area (TPSA) is 64.4 Å². The average Bonchev–Trinajstić information content (AvgIpc) is 2.36. The van der Waals surface area contributed by atoms with Crippen molar-refractivity contribution in [2.45, 2.75) is 24.8 Å². The lowest BCUT2D eigenvalue weighted by atomic mass is 10.0. The zero-order valence-corrected chi connectivity index (χ0v) is 13.9. The van der Waals surface area contributed by atoms with Gasteiger partial charge in [-0.3, -0.25) is 10.1 Å². The Morgan fingerprint density at radius 1 is 1.43 bits per heavy atom. The Kier molecular flexibility index (Phi) is 5.15. The molecule has 1 atom stereocenters. The number of ether oxygens (including phenoxy) is 1. The van der Waals surface area contributed by atoms with Gasteiger partial charge in [0, 0.05) is 37.6 Å². The number of halogens is 4. The minimum atomic E-state index is -2.68. The van der Waals surface area contributed by atoms with E-state index < -0.39 is 16.9 Å². The van der Waals surface area contributed by atoms with Crippen LogP contribution in [0.4, 0.5) is 14.5 Å². The Bertz CT molecular complexity index is 534. The highest BCUT2D eigenvalue weighted by molar-refractivity contribution is 9.11. The summed E-state index contributed by atoms with van der Waals surface area (Å²) >= 11 is 6.37. The van der Waals surface area contributed by atoms with Crippen LogP contribution in [0.3, 0.4) is 0 Å². The molecule has 0 spiro atoms. The molecule has 2 rings (SSSR count). The van der Waals surface area contributed by atoms with E-state index in [4.69, 9.17) is 4.74 Å². The van der Waals surface area contributed by atoms with Gasteiger partial charge >= 0.3 is 0 Å². The van der Waals surface area contributed by atoms with E-state index in [1.807, 2.05) is 0 Å². The third kappa shape index (κ3) is 4.33. The SMILES string of the molecule is O=[N+]([O-])c1cc(Br)c(OCC2CC(F)(F)CCN2)c(Br)c1. The Morgan fingerprint density at radius 3 is 2.57 bits per heavy atom. The van der Waals surface area contributed by atoms with E-state index in [-0.39, 0.29) is 31.7 Å². The summed E-state index contributed by atoms with van der Waals surface area (Å²) in [7, 11) is 0. The van der Waals surface area contributed by atoms with E-state index in [9.17, 15) is 18.9 Å². The molecule has 0 aliphatic carbocycles. The predicted octanol–water partition coefficient (Wildman–Crippen LogP) is 3.89. The largest absolute Gasteiger partial charge is 0.490 e. The second kappa shape index (κ2) is 6.53. The fraction of sp³-hybridized carbons (Fsp3) is 0.500. The fourth-order valence-electron chi connectivity index (χ4n) is 2.09. The second-order valence-electron chi connectivity index (χ2n) is 4.77. The standard InChI is InChI=1S/C12H12Br2F2N2O3/c13-9-3-8(18(19)20)4-10(14)11(9)21-6-7-5-12(15,16)1-2-17-7/h3-4,7,17H,1-2,5-6H2. The number of nitro groups is 1. The normalized spacial score (nSPS) is 21.0. The molecule has 116 valence electrons. The van der Waals surface area contributed by atoms with Gasteiger partial charge in [0.2, 0.25) is 0 Å². The number of hydrogen-bond donors (Lipinski definition) is 1. The molecule has 9 heteroatoms. The van der Waals surface area contributed by atoms with E-state index in [1.54, 1.807) is 0 Å². The number of nitro benzene ring substituents is 1. The van der Waals surface area contributed by atoms with Crippen LogP contribution in [0.25, 0.3) is 0 Å². The minimum Gasteiger partial charge on any atom is -0.490 e. The van der Waals surface area contributed by atoms with Gasteiger partial charge < -0.3 is 10.1 Å². The molecule has 0 radical (unpaired) electrons. The molecule has 1 unspecified atom stereocenters.